The first-order chi connectivity index (χ1) is 15.2. The number of rotatable bonds is 21. The largest absolute Gasteiger partial charge is 0.463 e. The fourth-order valence-corrected chi connectivity index (χ4v) is 4.12. The number of unbranched alkanes of at least 4 members (excludes halogenated alkanes) is 13. The van der Waals surface area contributed by atoms with Gasteiger partial charge in [0.1, 0.15) is 0 Å². The molecule has 0 bridgehead atoms. The van der Waals surface area contributed by atoms with Crippen LogP contribution in [0.3, 0.4) is 0 Å². The van der Waals surface area contributed by atoms with Gasteiger partial charge in [-0.15, -0.1) is 0 Å². The van der Waals surface area contributed by atoms with E-state index in [0.717, 1.165) is 25.7 Å². The molecule has 32 heavy (non-hydrogen) atoms. The van der Waals surface area contributed by atoms with Gasteiger partial charge in [0.05, 0.1) is 18.1 Å². The molecule has 0 rings (SSSR count). The van der Waals surface area contributed by atoms with Crippen molar-refractivity contribution in [2.24, 2.45) is 11.8 Å². The lowest BCUT2D eigenvalue weighted by Crippen LogP contribution is -2.25. The molecule has 4 nitrogen and oxygen atoms in total. The van der Waals surface area contributed by atoms with Crippen LogP contribution in [0.4, 0.5) is 0 Å². The van der Waals surface area contributed by atoms with Crippen LogP contribution in [0.5, 0.6) is 0 Å². The Morgan fingerprint density at radius 1 is 0.531 bits per heavy atom. The molecule has 0 aromatic rings. The van der Waals surface area contributed by atoms with Crippen LogP contribution in [0.25, 0.3) is 0 Å². The highest BCUT2D eigenvalue weighted by Gasteiger charge is 2.23. The summed E-state index contributed by atoms with van der Waals surface area (Å²) >= 11 is 0. The Kier molecular flexibility index (Phi) is 19.9. The van der Waals surface area contributed by atoms with E-state index < -0.39 is 0 Å². The lowest BCUT2D eigenvalue weighted by atomic mass is 9.90. The van der Waals surface area contributed by atoms with E-state index in [1.165, 1.54) is 70.6 Å². The van der Waals surface area contributed by atoms with Crippen molar-refractivity contribution in [2.75, 3.05) is 0 Å². The third kappa shape index (κ3) is 19.6. The minimum absolute atomic E-state index is 0.00636. The highest BCUT2D eigenvalue weighted by atomic mass is 16.5. The molecule has 0 aliphatic carbocycles. The van der Waals surface area contributed by atoms with E-state index in [4.69, 9.17) is 9.47 Å². The molecule has 0 aromatic carbocycles. The van der Waals surface area contributed by atoms with Gasteiger partial charge in [0.25, 0.3) is 0 Å². The van der Waals surface area contributed by atoms with E-state index in [-0.39, 0.29) is 30.1 Å². The van der Waals surface area contributed by atoms with Crippen molar-refractivity contribution < 1.29 is 19.1 Å². The molecule has 1 atom stereocenters. The summed E-state index contributed by atoms with van der Waals surface area (Å²) in [7, 11) is 0. The van der Waals surface area contributed by atoms with E-state index in [1.54, 1.807) is 0 Å². The molecule has 0 heterocycles. The Morgan fingerprint density at radius 2 is 0.906 bits per heavy atom. The standard InChI is InChI=1S/C28H54O4/c1-23(2)26(28(30)32-25(5)6)21-19-17-15-13-11-9-7-8-10-12-14-16-18-20-22-27(29)31-24(3)4/h23-26H,7-22H2,1-6H3. The van der Waals surface area contributed by atoms with Gasteiger partial charge < -0.3 is 9.47 Å². The summed E-state index contributed by atoms with van der Waals surface area (Å²) in [5.74, 6) is 0.348. The summed E-state index contributed by atoms with van der Waals surface area (Å²) in [6, 6.07) is 0. The predicted octanol–water partition coefficient (Wildman–Crippen LogP) is 8.40. The molecular formula is C28H54O4. The highest BCUT2D eigenvalue weighted by Crippen LogP contribution is 2.22. The Hall–Kier alpha value is -1.06. The number of carbonyl (C=O) groups excluding carboxylic acids is 2. The van der Waals surface area contributed by atoms with Crippen LogP contribution in [0.2, 0.25) is 0 Å². The van der Waals surface area contributed by atoms with Crippen LogP contribution in [0, 0.1) is 11.8 Å². The molecule has 0 aliphatic rings. The van der Waals surface area contributed by atoms with Crippen LogP contribution in [0.15, 0.2) is 0 Å². The second kappa shape index (κ2) is 20.5. The molecule has 190 valence electrons. The molecule has 0 fully saturated rings. The minimum atomic E-state index is -0.0499. The van der Waals surface area contributed by atoms with Crippen molar-refractivity contribution in [3.8, 4) is 0 Å². The fourth-order valence-electron chi connectivity index (χ4n) is 4.12. The minimum Gasteiger partial charge on any atom is -0.463 e. The average molecular weight is 455 g/mol. The molecule has 1 unspecified atom stereocenters. The van der Waals surface area contributed by atoms with Crippen molar-refractivity contribution in [1.82, 2.24) is 0 Å². The van der Waals surface area contributed by atoms with Crippen molar-refractivity contribution >= 4 is 11.9 Å². The van der Waals surface area contributed by atoms with Gasteiger partial charge in [-0.3, -0.25) is 9.59 Å². The second-order valence-electron chi connectivity index (χ2n) is 10.4. The summed E-state index contributed by atoms with van der Waals surface area (Å²) in [6.07, 6.45) is 19.2. The first-order valence-electron chi connectivity index (χ1n) is 13.6. The summed E-state index contributed by atoms with van der Waals surface area (Å²) in [4.78, 5) is 23.6. The Morgan fingerprint density at radius 3 is 1.28 bits per heavy atom. The van der Waals surface area contributed by atoms with E-state index in [0.29, 0.717) is 12.3 Å². The van der Waals surface area contributed by atoms with E-state index in [1.807, 2.05) is 27.7 Å². The maximum Gasteiger partial charge on any atom is 0.309 e. The Labute approximate surface area is 199 Å². The number of hydrogen-bond acceptors (Lipinski definition) is 4. The molecule has 0 N–H and O–H groups in total. The molecule has 0 amide bonds. The van der Waals surface area contributed by atoms with Gasteiger partial charge in [-0.1, -0.05) is 97.3 Å². The van der Waals surface area contributed by atoms with E-state index in [2.05, 4.69) is 13.8 Å². The monoisotopic (exact) mass is 454 g/mol. The zero-order chi connectivity index (χ0) is 24.2. The second-order valence-corrected chi connectivity index (χ2v) is 10.4. The first-order valence-corrected chi connectivity index (χ1v) is 13.6. The van der Waals surface area contributed by atoms with Crippen LogP contribution in [0.1, 0.15) is 144 Å². The molecule has 0 saturated heterocycles. The topological polar surface area (TPSA) is 52.6 Å². The van der Waals surface area contributed by atoms with Gasteiger partial charge in [0.2, 0.25) is 0 Å². The van der Waals surface area contributed by atoms with Gasteiger partial charge >= 0.3 is 11.9 Å². The normalized spacial score (nSPS) is 12.5. The van der Waals surface area contributed by atoms with Crippen molar-refractivity contribution in [3.63, 3.8) is 0 Å². The number of carbonyl (C=O) groups is 2. The van der Waals surface area contributed by atoms with Crippen LogP contribution >= 0.6 is 0 Å². The molecule has 0 spiro atoms. The SMILES string of the molecule is CC(C)OC(=O)CCCCCCCCCCCCCCCCC(C(=O)OC(C)C)C(C)C. The fraction of sp³-hybridized carbons (Fsp3) is 0.929. The molecule has 0 radical (unpaired) electrons. The average Bonchev–Trinajstić information content (AvgIpc) is 2.68. The summed E-state index contributed by atoms with van der Waals surface area (Å²) < 4.78 is 10.6. The zero-order valence-electron chi connectivity index (χ0n) is 22.3. The van der Waals surface area contributed by atoms with E-state index >= 15 is 0 Å². The Balaban J connectivity index is 3.42. The van der Waals surface area contributed by atoms with Crippen molar-refractivity contribution in [2.45, 2.75) is 156 Å². The van der Waals surface area contributed by atoms with Crippen LogP contribution in [-0.4, -0.2) is 24.1 Å². The predicted molar refractivity (Wildman–Crippen MR) is 135 cm³/mol. The van der Waals surface area contributed by atoms with Gasteiger partial charge in [-0.2, -0.15) is 0 Å². The first kappa shape index (κ1) is 30.9. The molecular weight excluding hydrogens is 400 g/mol. The van der Waals surface area contributed by atoms with Crippen LogP contribution < -0.4 is 0 Å². The summed E-state index contributed by atoms with van der Waals surface area (Å²) in [5.41, 5.74) is 0. The lowest BCUT2D eigenvalue weighted by molar-refractivity contribution is -0.154. The summed E-state index contributed by atoms with van der Waals surface area (Å²) in [6.45, 7) is 11.9. The number of ether oxygens (including phenoxy) is 2. The number of esters is 2. The smallest absolute Gasteiger partial charge is 0.309 e. The van der Waals surface area contributed by atoms with Crippen LogP contribution in [-0.2, 0) is 19.1 Å². The maximum absolute atomic E-state index is 12.2. The zero-order valence-corrected chi connectivity index (χ0v) is 22.3. The molecule has 0 aliphatic heterocycles. The molecule has 0 aromatic heterocycles. The molecule has 4 heteroatoms. The van der Waals surface area contributed by atoms with Gasteiger partial charge in [0, 0.05) is 6.42 Å². The van der Waals surface area contributed by atoms with Gasteiger partial charge in [-0.25, -0.2) is 0 Å². The quantitative estimate of drug-likeness (QED) is 0.129. The van der Waals surface area contributed by atoms with Gasteiger partial charge in [-0.05, 0) is 46.5 Å². The maximum atomic E-state index is 12.2. The summed E-state index contributed by atoms with van der Waals surface area (Å²) in [5, 5.41) is 0. The van der Waals surface area contributed by atoms with Crippen molar-refractivity contribution in [3.05, 3.63) is 0 Å². The lowest BCUT2D eigenvalue weighted by Gasteiger charge is -2.20. The molecule has 0 saturated carbocycles. The number of hydrogen-bond donors (Lipinski definition) is 0. The van der Waals surface area contributed by atoms with E-state index in [9.17, 15) is 9.59 Å². The highest BCUT2D eigenvalue weighted by molar-refractivity contribution is 5.72. The van der Waals surface area contributed by atoms with Crippen molar-refractivity contribution in [1.29, 1.82) is 0 Å². The van der Waals surface area contributed by atoms with Gasteiger partial charge in [0.15, 0.2) is 0 Å². The third-order valence-electron chi connectivity index (χ3n) is 5.97. The Bertz CT molecular complexity index is 456. The third-order valence-corrected chi connectivity index (χ3v) is 5.97.